The number of nitrogens with zero attached hydrogens (tertiary/aromatic N) is 1. The van der Waals surface area contributed by atoms with Crippen LogP contribution in [0.1, 0.15) is 22.3 Å². The number of halogens is 1. The smallest absolute Gasteiger partial charge is 0.255 e. The molecule has 0 saturated heterocycles. The SMILES string of the molecule is COc1cc(Br)c(OC)c(C(=O)NCCCN(C)Cc2ccccc2)c1. The van der Waals surface area contributed by atoms with Gasteiger partial charge in [0.15, 0.2) is 0 Å². The number of carbonyl (C=O) groups excluding carboxylic acids is 1. The van der Waals surface area contributed by atoms with Crippen molar-refractivity contribution in [1.82, 2.24) is 10.2 Å². The van der Waals surface area contributed by atoms with Crippen molar-refractivity contribution in [1.29, 1.82) is 0 Å². The number of amides is 1. The molecule has 2 rings (SSSR count). The zero-order valence-electron chi connectivity index (χ0n) is 15.4. The van der Waals surface area contributed by atoms with Crippen LogP contribution in [0.3, 0.4) is 0 Å². The van der Waals surface area contributed by atoms with Gasteiger partial charge in [-0.15, -0.1) is 0 Å². The standard InChI is InChI=1S/C20H25BrN2O3/c1-23(14-15-8-5-4-6-9-15)11-7-10-22-20(24)17-12-16(25-2)13-18(21)19(17)26-3/h4-6,8-9,12-13H,7,10-11,14H2,1-3H3,(H,22,24). The Morgan fingerprint density at radius 2 is 1.88 bits per heavy atom. The lowest BCUT2D eigenvalue weighted by Crippen LogP contribution is -2.28. The summed E-state index contributed by atoms with van der Waals surface area (Å²) in [6.07, 6.45) is 0.864. The van der Waals surface area contributed by atoms with Crippen LogP contribution in [0.4, 0.5) is 0 Å². The van der Waals surface area contributed by atoms with Crippen LogP contribution in [0.2, 0.25) is 0 Å². The van der Waals surface area contributed by atoms with Crippen LogP contribution < -0.4 is 14.8 Å². The van der Waals surface area contributed by atoms with Gasteiger partial charge in [0.25, 0.3) is 5.91 Å². The summed E-state index contributed by atoms with van der Waals surface area (Å²) in [5, 5.41) is 2.95. The third-order valence-electron chi connectivity index (χ3n) is 4.00. The lowest BCUT2D eigenvalue weighted by Gasteiger charge is -2.17. The molecule has 6 heteroatoms. The Morgan fingerprint density at radius 3 is 2.54 bits per heavy atom. The third kappa shape index (κ3) is 5.75. The molecule has 0 atom stereocenters. The first kappa shape index (κ1) is 20.3. The van der Waals surface area contributed by atoms with Gasteiger partial charge in [-0.2, -0.15) is 0 Å². The second kappa shape index (κ2) is 10.2. The maximum absolute atomic E-state index is 12.5. The molecule has 0 spiro atoms. The lowest BCUT2D eigenvalue weighted by atomic mass is 10.1. The van der Waals surface area contributed by atoms with Crippen molar-refractivity contribution in [3.63, 3.8) is 0 Å². The number of benzene rings is 2. The van der Waals surface area contributed by atoms with Gasteiger partial charge in [0.1, 0.15) is 11.5 Å². The van der Waals surface area contributed by atoms with Crippen LogP contribution in [0.25, 0.3) is 0 Å². The fraction of sp³-hybridized carbons (Fsp3) is 0.350. The number of hydrogen-bond donors (Lipinski definition) is 1. The van der Waals surface area contributed by atoms with Crippen molar-refractivity contribution in [2.75, 3.05) is 34.4 Å². The minimum atomic E-state index is -0.174. The molecule has 0 heterocycles. The summed E-state index contributed by atoms with van der Waals surface area (Å²) in [6, 6.07) is 13.8. The summed E-state index contributed by atoms with van der Waals surface area (Å²) in [5.41, 5.74) is 1.74. The Labute approximate surface area is 163 Å². The van der Waals surface area contributed by atoms with E-state index < -0.39 is 0 Å². The van der Waals surface area contributed by atoms with Crippen LogP contribution >= 0.6 is 15.9 Å². The van der Waals surface area contributed by atoms with Gasteiger partial charge in [-0.05, 0) is 53.6 Å². The summed E-state index contributed by atoms with van der Waals surface area (Å²) in [4.78, 5) is 14.7. The Morgan fingerprint density at radius 1 is 1.15 bits per heavy atom. The molecule has 0 aromatic heterocycles. The van der Waals surface area contributed by atoms with E-state index in [0.717, 1.165) is 19.5 Å². The molecule has 2 aromatic rings. The van der Waals surface area contributed by atoms with Gasteiger partial charge >= 0.3 is 0 Å². The quantitative estimate of drug-likeness (QED) is 0.628. The van der Waals surface area contributed by atoms with Gasteiger partial charge in [-0.3, -0.25) is 4.79 Å². The first-order valence-corrected chi connectivity index (χ1v) is 9.26. The molecule has 0 bridgehead atoms. The van der Waals surface area contributed by atoms with Crippen molar-refractivity contribution < 1.29 is 14.3 Å². The van der Waals surface area contributed by atoms with E-state index in [1.54, 1.807) is 26.4 Å². The Balaban J connectivity index is 1.84. The van der Waals surface area contributed by atoms with Gasteiger partial charge in [-0.1, -0.05) is 30.3 Å². The van der Waals surface area contributed by atoms with Crippen molar-refractivity contribution in [2.24, 2.45) is 0 Å². The van der Waals surface area contributed by atoms with Crippen molar-refractivity contribution in [3.8, 4) is 11.5 Å². The van der Waals surface area contributed by atoms with Crippen molar-refractivity contribution in [3.05, 3.63) is 58.1 Å². The molecular weight excluding hydrogens is 396 g/mol. The highest BCUT2D eigenvalue weighted by molar-refractivity contribution is 9.10. The highest BCUT2D eigenvalue weighted by atomic mass is 79.9. The van der Waals surface area contributed by atoms with Gasteiger partial charge in [0, 0.05) is 13.1 Å². The summed E-state index contributed by atoms with van der Waals surface area (Å²) >= 11 is 3.41. The Hall–Kier alpha value is -2.05. The summed E-state index contributed by atoms with van der Waals surface area (Å²) in [6.45, 7) is 2.38. The van der Waals surface area contributed by atoms with Crippen LogP contribution in [0.5, 0.6) is 11.5 Å². The topological polar surface area (TPSA) is 50.8 Å². The minimum absolute atomic E-state index is 0.174. The summed E-state index contributed by atoms with van der Waals surface area (Å²) in [5.74, 6) is 0.932. The predicted molar refractivity (Wildman–Crippen MR) is 107 cm³/mol. The lowest BCUT2D eigenvalue weighted by molar-refractivity contribution is 0.0948. The molecule has 0 saturated carbocycles. The van der Waals surface area contributed by atoms with Gasteiger partial charge in [0.05, 0.1) is 24.3 Å². The normalized spacial score (nSPS) is 10.7. The van der Waals surface area contributed by atoms with E-state index >= 15 is 0 Å². The molecule has 0 aliphatic carbocycles. The molecule has 2 aromatic carbocycles. The number of methoxy groups -OCH3 is 2. The molecule has 140 valence electrons. The maximum Gasteiger partial charge on any atom is 0.255 e. The van der Waals surface area contributed by atoms with E-state index in [2.05, 4.69) is 45.3 Å². The van der Waals surface area contributed by atoms with Gasteiger partial charge in [-0.25, -0.2) is 0 Å². The summed E-state index contributed by atoms with van der Waals surface area (Å²) < 4.78 is 11.3. The molecule has 26 heavy (non-hydrogen) atoms. The van der Waals surface area contributed by atoms with Crippen LogP contribution in [-0.2, 0) is 6.54 Å². The minimum Gasteiger partial charge on any atom is -0.497 e. The first-order chi connectivity index (χ1) is 12.5. The fourth-order valence-corrected chi connectivity index (χ4v) is 3.28. The Kier molecular flexibility index (Phi) is 7.94. The van der Waals surface area contributed by atoms with E-state index in [0.29, 0.717) is 28.1 Å². The molecule has 0 aliphatic rings. The molecular formula is C20H25BrN2O3. The van der Waals surface area contributed by atoms with E-state index in [1.165, 1.54) is 5.56 Å². The van der Waals surface area contributed by atoms with E-state index in [1.807, 2.05) is 18.2 Å². The highest BCUT2D eigenvalue weighted by Gasteiger charge is 2.17. The van der Waals surface area contributed by atoms with Gasteiger partial charge in [0.2, 0.25) is 0 Å². The first-order valence-electron chi connectivity index (χ1n) is 8.47. The van der Waals surface area contributed by atoms with Crippen LogP contribution in [-0.4, -0.2) is 45.2 Å². The molecule has 0 unspecified atom stereocenters. The largest absolute Gasteiger partial charge is 0.497 e. The Bertz CT molecular complexity index is 722. The average Bonchev–Trinajstić information content (AvgIpc) is 2.65. The van der Waals surface area contributed by atoms with Crippen molar-refractivity contribution in [2.45, 2.75) is 13.0 Å². The molecule has 5 nitrogen and oxygen atoms in total. The second-order valence-electron chi connectivity index (χ2n) is 6.02. The molecule has 0 aliphatic heterocycles. The third-order valence-corrected chi connectivity index (χ3v) is 4.59. The number of nitrogens with one attached hydrogen (secondary N) is 1. The molecule has 0 radical (unpaired) electrons. The number of rotatable bonds is 9. The fourth-order valence-electron chi connectivity index (χ4n) is 2.68. The monoisotopic (exact) mass is 420 g/mol. The van der Waals surface area contributed by atoms with Crippen molar-refractivity contribution >= 4 is 21.8 Å². The second-order valence-corrected chi connectivity index (χ2v) is 6.88. The average molecular weight is 421 g/mol. The van der Waals surface area contributed by atoms with Gasteiger partial charge < -0.3 is 19.7 Å². The van der Waals surface area contributed by atoms with E-state index in [9.17, 15) is 4.79 Å². The predicted octanol–water partition coefficient (Wildman–Crippen LogP) is 3.72. The van der Waals surface area contributed by atoms with E-state index in [4.69, 9.17) is 9.47 Å². The number of hydrogen-bond acceptors (Lipinski definition) is 4. The molecule has 1 N–H and O–H groups in total. The highest BCUT2D eigenvalue weighted by Crippen LogP contribution is 2.33. The molecule has 0 fully saturated rings. The van der Waals surface area contributed by atoms with E-state index in [-0.39, 0.29) is 5.91 Å². The zero-order valence-corrected chi connectivity index (χ0v) is 17.0. The van der Waals surface area contributed by atoms with Crippen LogP contribution in [0, 0.1) is 0 Å². The van der Waals surface area contributed by atoms with Crippen LogP contribution in [0.15, 0.2) is 46.9 Å². The maximum atomic E-state index is 12.5. The molecule has 1 amide bonds. The number of ether oxygens (including phenoxy) is 2. The zero-order chi connectivity index (χ0) is 18.9. The summed E-state index contributed by atoms with van der Waals surface area (Å²) in [7, 11) is 5.19. The number of carbonyl (C=O) groups is 1.